The molecular formula is C13H10O4S. The van der Waals surface area contributed by atoms with Gasteiger partial charge >= 0.3 is 5.97 Å². The summed E-state index contributed by atoms with van der Waals surface area (Å²) in [4.78, 5) is 11.4. The second-order valence-electron chi connectivity index (χ2n) is 3.49. The first-order valence-corrected chi connectivity index (χ1v) is 5.86. The van der Waals surface area contributed by atoms with Crippen LogP contribution in [0.3, 0.4) is 0 Å². The number of carboxylic acids is 1. The molecule has 2 N–H and O–H groups in total. The van der Waals surface area contributed by atoms with Crippen molar-refractivity contribution >= 4 is 18.0 Å². The van der Waals surface area contributed by atoms with Crippen LogP contribution < -0.4 is 4.18 Å². The Labute approximate surface area is 108 Å². The molecule has 18 heavy (non-hydrogen) atoms. The summed E-state index contributed by atoms with van der Waals surface area (Å²) >= 11 is 1.09. The fourth-order valence-corrected chi connectivity index (χ4v) is 1.89. The van der Waals surface area contributed by atoms with Crippen molar-refractivity contribution in [3.05, 3.63) is 54.1 Å². The van der Waals surface area contributed by atoms with Gasteiger partial charge in [0.2, 0.25) is 0 Å². The third kappa shape index (κ3) is 3.18. The minimum absolute atomic E-state index is 0.171. The summed E-state index contributed by atoms with van der Waals surface area (Å²) in [6, 6.07) is 12.8. The van der Waals surface area contributed by atoms with Crippen molar-refractivity contribution in [3.8, 4) is 11.5 Å². The molecule has 0 spiro atoms. The van der Waals surface area contributed by atoms with E-state index in [1.165, 1.54) is 12.1 Å². The van der Waals surface area contributed by atoms with E-state index < -0.39 is 5.97 Å². The Bertz CT molecular complexity index is 551. The monoisotopic (exact) mass is 262 g/mol. The Morgan fingerprint density at radius 2 is 1.83 bits per heavy atom. The maximum atomic E-state index is 10.7. The Hall–Kier alpha value is -2.14. The molecule has 0 aliphatic carbocycles. The molecule has 2 aromatic carbocycles. The molecule has 0 radical (unpaired) electrons. The van der Waals surface area contributed by atoms with Crippen molar-refractivity contribution in [2.75, 3.05) is 0 Å². The summed E-state index contributed by atoms with van der Waals surface area (Å²) in [7, 11) is 0. The number of phenols is 1. The van der Waals surface area contributed by atoms with Gasteiger partial charge in [0.15, 0.2) is 0 Å². The Balaban J connectivity index is 2.00. The van der Waals surface area contributed by atoms with Crippen LogP contribution in [-0.2, 0) is 0 Å². The minimum atomic E-state index is -0.970. The third-order valence-electron chi connectivity index (χ3n) is 2.15. The molecule has 0 aliphatic rings. The summed E-state index contributed by atoms with van der Waals surface area (Å²) < 4.78 is 5.39. The molecule has 0 aliphatic heterocycles. The lowest BCUT2D eigenvalue weighted by Gasteiger charge is -2.04. The summed E-state index contributed by atoms with van der Waals surface area (Å²) in [5.74, 6) is -0.250. The second kappa shape index (κ2) is 5.46. The number of aromatic hydroxyl groups is 1. The second-order valence-corrected chi connectivity index (χ2v) is 4.30. The van der Waals surface area contributed by atoms with E-state index in [-0.39, 0.29) is 11.3 Å². The summed E-state index contributed by atoms with van der Waals surface area (Å²) in [5.41, 5.74) is 0.213. The van der Waals surface area contributed by atoms with E-state index >= 15 is 0 Å². The van der Waals surface area contributed by atoms with Gasteiger partial charge in [-0.2, -0.15) is 0 Å². The van der Waals surface area contributed by atoms with E-state index in [0.717, 1.165) is 16.9 Å². The van der Waals surface area contributed by atoms with Crippen molar-refractivity contribution in [3.63, 3.8) is 0 Å². The fourth-order valence-electron chi connectivity index (χ4n) is 1.28. The normalized spacial score (nSPS) is 10.0. The molecule has 0 unspecified atom stereocenters. The van der Waals surface area contributed by atoms with E-state index in [1.54, 1.807) is 36.4 Å². The topological polar surface area (TPSA) is 66.8 Å². The number of hydrogen-bond donors (Lipinski definition) is 2. The highest BCUT2D eigenvalue weighted by molar-refractivity contribution is 7.95. The quantitative estimate of drug-likeness (QED) is 0.828. The van der Waals surface area contributed by atoms with Crippen molar-refractivity contribution < 1.29 is 19.2 Å². The maximum absolute atomic E-state index is 10.7. The first kappa shape index (κ1) is 12.3. The van der Waals surface area contributed by atoms with Gasteiger partial charge in [0.1, 0.15) is 11.5 Å². The molecule has 0 saturated heterocycles. The van der Waals surface area contributed by atoms with Crippen molar-refractivity contribution in [2.24, 2.45) is 0 Å². The molecule has 2 rings (SSSR count). The van der Waals surface area contributed by atoms with Crippen LogP contribution in [0, 0.1) is 0 Å². The molecule has 0 fully saturated rings. The van der Waals surface area contributed by atoms with E-state index in [2.05, 4.69) is 0 Å². The van der Waals surface area contributed by atoms with Crippen LogP contribution in [0.4, 0.5) is 0 Å². The van der Waals surface area contributed by atoms with Crippen LogP contribution >= 0.6 is 12.0 Å². The summed E-state index contributed by atoms with van der Waals surface area (Å²) in [5, 5.41) is 18.0. The molecule has 0 aromatic heterocycles. The zero-order chi connectivity index (χ0) is 13.0. The smallest absolute Gasteiger partial charge is 0.335 e. The number of carbonyl (C=O) groups is 1. The van der Waals surface area contributed by atoms with Gasteiger partial charge in [0.25, 0.3) is 0 Å². The number of carboxylic acid groups (broad SMARTS) is 1. The number of benzene rings is 2. The van der Waals surface area contributed by atoms with Crippen molar-refractivity contribution in [1.82, 2.24) is 0 Å². The summed E-state index contributed by atoms with van der Waals surface area (Å²) in [6.45, 7) is 0. The zero-order valence-electron chi connectivity index (χ0n) is 9.24. The van der Waals surface area contributed by atoms with Crippen LogP contribution in [0.25, 0.3) is 0 Å². The average molecular weight is 262 g/mol. The lowest BCUT2D eigenvalue weighted by molar-refractivity contribution is 0.0697. The van der Waals surface area contributed by atoms with Crippen LogP contribution in [-0.4, -0.2) is 16.2 Å². The SMILES string of the molecule is O=C(O)c1ccc(OSc2cccc(O)c2)cc1. The Morgan fingerprint density at radius 3 is 2.44 bits per heavy atom. The maximum Gasteiger partial charge on any atom is 0.335 e. The number of phenolic OH excluding ortho intramolecular Hbond substituents is 1. The van der Waals surface area contributed by atoms with E-state index in [0.29, 0.717) is 5.75 Å². The molecule has 0 bridgehead atoms. The van der Waals surface area contributed by atoms with Crippen LogP contribution in [0.15, 0.2) is 53.4 Å². The average Bonchev–Trinajstić information content (AvgIpc) is 2.37. The molecular weight excluding hydrogens is 252 g/mol. The van der Waals surface area contributed by atoms with E-state index in [1.807, 2.05) is 0 Å². The largest absolute Gasteiger partial charge is 0.508 e. The van der Waals surface area contributed by atoms with Gasteiger partial charge in [-0.25, -0.2) is 4.79 Å². The highest BCUT2D eigenvalue weighted by atomic mass is 32.2. The van der Waals surface area contributed by atoms with Gasteiger partial charge < -0.3 is 14.4 Å². The first-order valence-electron chi connectivity index (χ1n) is 5.12. The van der Waals surface area contributed by atoms with E-state index in [9.17, 15) is 9.90 Å². The van der Waals surface area contributed by atoms with Gasteiger partial charge in [-0.15, -0.1) is 0 Å². The molecule has 5 heteroatoms. The number of aromatic carboxylic acids is 1. The van der Waals surface area contributed by atoms with Gasteiger partial charge in [-0.1, -0.05) is 6.07 Å². The molecule has 0 amide bonds. The van der Waals surface area contributed by atoms with Crippen LogP contribution in [0.1, 0.15) is 10.4 Å². The zero-order valence-corrected chi connectivity index (χ0v) is 10.1. The Kier molecular flexibility index (Phi) is 3.74. The fraction of sp³-hybridized carbons (Fsp3) is 0. The predicted octanol–water partition coefficient (Wildman–Crippen LogP) is 3.18. The van der Waals surface area contributed by atoms with Gasteiger partial charge in [-0.3, -0.25) is 0 Å². The predicted molar refractivity (Wildman–Crippen MR) is 68.0 cm³/mol. The lowest BCUT2D eigenvalue weighted by atomic mass is 10.2. The van der Waals surface area contributed by atoms with Crippen LogP contribution in [0.2, 0.25) is 0 Å². The first-order chi connectivity index (χ1) is 8.65. The Morgan fingerprint density at radius 1 is 1.11 bits per heavy atom. The highest BCUT2D eigenvalue weighted by Gasteiger charge is 2.03. The van der Waals surface area contributed by atoms with Crippen molar-refractivity contribution in [1.29, 1.82) is 0 Å². The minimum Gasteiger partial charge on any atom is -0.508 e. The van der Waals surface area contributed by atoms with Crippen molar-refractivity contribution in [2.45, 2.75) is 4.90 Å². The van der Waals surface area contributed by atoms with Crippen LogP contribution in [0.5, 0.6) is 11.5 Å². The van der Waals surface area contributed by atoms with E-state index in [4.69, 9.17) is 9.29 Å². The highest BCUT2D eigenvalue weighted by Crippen LogP contribution is 2.25. The summed E-state index contributed by atoms with van der Waals surface area (Å²) in [6.07, 6.45) is 0. The number of rotatable bonds is 4. The molecule has 92 valence electrons. The lowest BCUT2D eigenvalue weighted by Crippen LogP contribution is -1.94. The third-order valence-corrected chi connectivity index (χ3v) is 2.88. The van der Waals surface area contributed by atoms with Gasteiger partial charge in [0.05, 0.1) is 22.5 Å². The standard InChI is InChI=1S/C13H10O4S/c14-10-2-1-3-12(8-10)18-17-11-6-4-9(5-7-11)13(15)16/h1-8,14H,(H,15,16). The molecule has 0 atom stereocenters. The molecule has 0 heterocycles. The number of hydrogen-bond acceptors (Lipinski definition) is 4. The van der Waals surface area contributed by atoms with Gasteiger partial charge in [0, 0.05) is 0 Å². The molecule has 4 nitrogen and oxygen atoms in total. The molecule has 2 aromatic rings. The van der Waals surface area contributed by atoms with Gasteiger partial charge in [-0.05, 0) is 42.5 Å². The molecule has 0 saturated carbocycles.